The van der Waals surface area contributed by atoms with Crippen LogP contribution in [0.15, 0.2) is 58.9 Å². The molecule has 160 valence electrons. The number of fused-ring (bicyclic) bond motifs is 1. The third-order valence-corrected chi connectivity index (χ3v) is 8.05. The number of likely N-dealkylation sites (tertiary alicyclic amines) is 1. The van der Waals surface area contributed by atoms with Gasteiger partial charge in [-0.25, -0.2) is 4.98 Å². The maximum atomic E-state index is 10.0. The molecule has 0 radical (unpaired) electrons. The Labute approximate surface area is 194 Å². The first-order chi connectivity index (χ1) is 15.2. The molecule has 1 aliphatic rings. The van der Waals surface area contributed by atoms with Crippen LogP contribution in [0.5, 0.6) is 0 Å². The van der Waals surface area contributed by atoms with Gasteiger partial charge in [-0.3, -0.25) is 4.57 Å². The van der Waals surface area contributed by atoms with E-state index in [9.17, 15) is 5.11 Å². The number of nitrogens with one attached hydrogen (secondary N) is 1. The van der Waals surface area contributed by atoms with Crippen molar-refractivity contribution in [3.8, 4) is 5.69 Å². The monoisotopic (exact) mass is 470 g/mol. The molecule has 9 heteroatoms. The van der Waals surface area contributed by atoms with E-state index >= 15 is 0 Å². The molecule has 1 fully saturated rings. The number of hydrogen-bond donors (Lipinski definition) is 2. The molecule has 3 heterocycles. The summed E-state index contributed by atoms with van der Waals surface area (Å²) in [6, 6.07) is 18.4. The van der Waals surface area contributed by atoms with Crippen LogP contribution >= 0.6 is 35.3 Å². The summed E-state index contributed by atoms with van der Waals surface area (Å²) in [5, 5.41) is 14.9. The van der Waals surface area contributed by atoms with Crippen LogP contribution in [0.4, 0.5) is 0 Å². The summed E-state index contributed by atoms with van der Waals surface area (Å²) < 4.78 is 6.91. The lowest BCUT2D eigenvalue weighted by Crippen LogP contribution is -3.13. The van der Waals surface area contributed by atoms with Crippen molar-refractivity contribution in [1.29, 1.82) is 0 Å². The zero-order valence-corrected chi connectivity index (χ0v) is 19.4. The van der Waals surface area contributed by atoms with E-state index < -0.39 is 0 Å². The molecule has 4 aromatic rings. The second kappa shape index (κ2) is 9.22. The number of thiazole rings is 1. The van der Waals surface area contributed by atoms with Crippen LogP contribution < -0.4 is 4.90 Å². The van der Waals surface area contributed by atoms with Crippen molar-refractivity contribution in [1.82, 2.24) is 19.3 Å². The van der Waals surface area contributed by atoms with Gasteiger partial charge in [0.1, 0.15) is 18.5 Å². The first-order valence-corrected chi connectivity index (χ1v) is 12.6. The molecule has 6 nitrogen and oxygen atoms in total. The Kier molecular flexibility index (Phi) is 6.20. The second-order valence-corrected chi connectivity index (χ2v) is 10.4. The Morgan fingerprint density at radius 2 is 1.97 bits per heavy atom. The molecule has 0 bridgehead atoms. The smallest absolute Gasteiger partial charge is 0.207 e. The summed E-state index contributed by atoms with van der Waals surface area (Å²) >= 11 is 9.24. The van der Waals surface area contributed by atoms with Gasteiger partial charge in [0, 0.05) is 5.69 Å². The van der Waals surface area contributed by atoms with Crippen molar-refractivity contribution >= 4 is 45.5 Å². The van der Waals surface area contributed by atoms with Crippen LogP contribution in [0.25, 0.3) is 15.9 Å². The van der Waals surface area contributed by atoms with E-state index in [1.165, 1.54) is 9.60 Å². The average Bonchev–Trinajstić information content (AvgIpc) is 3.33. The molecule has 1 aliphatic heterocycles. The summed E-state index contributed by atoms with van der Waals surface area (Å²) in [7, 11) is 0. The Morgan fingerprint density at radius 1 is 1.16 bits per heavy atom. The predicted molar refractivity (Wildman–Crippen MR) is 128 cm³/mol. The van der Waals surface area contributed by atoms with Gasteiger partial charge in [-0.15, -0.1) is 11.3 Å². The maximum Gasteiger partial charge on any atom is 0.207 e. The molecule has 0 amide bonds. The van der Waals surface area contributed by atoms with E-state index in [1.807, 2.05) is 41.1 Å². The molecule has 5 rings (SSSR count). The number of para-hydroxylation sites is 2. The SMILES string of the molecule is O[C@H]1CCC[NH+](Cn2nc(CSc3nc4ccccc4s3)n(-c3ccccc3)c2=S)C1. The first-order valence-electron chi connectivity index (χ1n) is 10.4. The normalized spacial score (nSPS) is 19.1. The summed E-state index contributed by atoms with van der Waals surface area (Å²) in [5.74, 6) is 1.60. The Hall–Kier alpha value is -2.04. The molecule has 31 heavy (non-hydrogen) atoms. The number of rotatable bonds is 6. The number of benzene rings is 2. The fraction of sp³-hybridized carbons (Fsp3) is 0.318. The largest absolute Gasteiger partial charge is 0.387 e. The lowest BCUT2D eigenvalue weighted by Gasteiger charge is -2.26. The summed E-state index contributed by atoms with van der Waals surface area (Å²) in [6.07, 6.45) is 1.68. The van der Waals surface area contributed by atoms with Gasteiger partial charge in [-0.2, -0.15) is 9.78 Å². The molecule has 0 aliphatic carbocycles. The van der Waals surface area contributed by atoms with Crippen molar-refractivity contribution < 1.29 is 10.0 Å². The molecule has 2 aromatic carbocycles. The van der Waals surface area contributed by atoms with Gasteiger partial charge in [-0.1, -0.05) is 42.1 Å². The minimum Gasteiger partial charge on any atom is -0.387 e. The van der Waals surface area contributed by atoms with Crippen LogP contribution in [0.1, 0.15) is 18.7 Å². The third kappa shape index (κ3) is 4.61. The zero-order valence-electron chi connectivity index (χ0n) is 17.0. The van der Waals surface area contributed by atoms with Gasteiger partial charge >= 0.3 is 0 Å². The predicted octanol–water partition coefficient (Wildman–Crippen LogP) is 3.30. The first kappa shape index (κ1) is 20.8. The summed E-state index contributed by atoms with van der Waals surface area (Å²) in [6.45, 7) is 2.46. The molecule has 2 N–H and O–H groups in total. The molecule has 0 spiro atoms. The van der Waals surface area contributed by atoms with Gasteiger partial charge in [0.25, 0.3) is 0 Å². The fourth-order valence-corrected chi connectivity index (χ4v) is 6.30. The molecule has 0 saturated carbocycles. The highest BCUT2D eigenvalue weighted by Crippen LogP contribution is 2.31. The van der Waals surface area contributed by atoms with Gasteiger partial charge < -0.3 is 10.0 Å². The van der Waals surface area contributed by atoms with Crippen molar-refractivity contribution in [3.63, 3.8) is 0 Å². The van der Waals surface area contributed by atoms with Gasteiger partial charge in [0.05, 0.1) is 22.5 Å². The average molecular weight is 471 g/mol. The number of thioether (sulfide) groups is 1. The fourth-order valence-electron chi connectivity index (χ4n) is 4.01. The number of aliphatic hydroxyl groups excluding tert-OH is 1. The van der Waals surface area contributed by atoms with E-state index in [2.05, 4.69) is 22.8 Å². The standard InChI is InChI=1S/C22H23N5OS3/c28-17-9-6-12-25(13-17)15-26-22(29)27(16-7-2-1-3-8-16)20(24-26)14-30-21-23-18-10-4-5-11-19(18)31-21/h1-5,7-8,10-11,17,28H,6,9,12-15H2/p+1/t17-/m0/s1. The summed E-state index contributed by atoms with van der Waals surface area (Å²) in [5.41, 5.74) is 2.06. The lowest BCUT2D eigenvalue weighted by molar-refractivity contribution is -0.931. The van der Waals surface area contributed by atoms with Gasteiger partial charge in [-0.05, 0) is 49.3 Å². The Morgan fingerprint density at radius 3 is 2.77 bits per heavy atom. The third-order valence-electron chi connectivity index (χ3n) is 5.49. The highest BCUT2D eigenvalue weighted by atomic mass is 32.2. The highest BCUT2D eigenvalue weighted by molar-refractivity contribution is 8.00. The molecule has 1 saturated heterocycles. The zero-order chi connectivity index (χ0) is 21.2. The summed E-state index contributed by atoms with van der Waals surface area (Å²) in [4.78, 5) is 6.06. The minimum atomic E-state index is -0.233. The number of aromatic nitrogens is 4. The highest BCUT2D eigenvalue weighted by Gasteiger charge is 2.23. The van der Waals surface area contributed by atoms with Crippen LogP contribution in [0, 0.1) is 4.77 Å². The van der Waals surface area contributed by atoms with Gasteiger partial charge in [0.2, 0.25) is 4.77 Å². The molecular weight excluding hydrogens is 446 g/mol. The van der Waals surface area contributed by atoms with Crippen molar-refractivity contribution in [2.75, 3.05) is 13.1 Å². The minimum absolute atomic E-state index is 0.233. The number of piperidine rings is 1. The van der Waals surface area contributed by atoms with Crippen LogP contribution in [-0.2, 0) is 12.4 Å². The van der Waals surface area contributed by atoms with Crippen LogP contribution in [0.2, 0.25) is 0 Å². The van der Waals surface area contributed by atoms with Crippen molar-refractivity contribution in [2.24, 2.45) is 0 Å². The molecule has 1 unspecified atom stereocenters. The topological polar surface area (TPSA) is 60.3 Å². The van der Waals surface area contributed by atoms with E-state index in [-0.39, 0.29) is 6.10 Å². The van der Waals surface area contributed by atoms with E-state index in [1.54, 1.807) is 23.1 Å². The Bertz CT molecular complexity index is 1200. The molecule has 2 atom stereocenters. The number of quaternary nitrogens is 1. The number of aliphatic hydroxyl groups is 1. The number of nitrogens with zero attached hydrogens (tertiary/aromatic N) is 4. The van der Waals surface area contributed by atoms with E-state index in [0.29, 0.717) is 17.2 Å². The number of hydrogen-bond acceptors (Lipinski definition) is 6. The quantitative estimate of drug-likeness (QED) is 0.335. The van der Waals surface area contributed by atoms with Crippen LogP contribution in [-0.4, -0.2) is 43.6 Å². The van der Waals surface area contributed by atoms with Crippen LogP contribution in [0.3, 0.4) is 0 Å². The van der Waals surface area contributed by atoms with Crippen molar-refractivity contribution in [2.45, 2.75) is 35.7 Å². The Balaban J connectivity index is 1.43. The van der Waals surface area contributed by atoms with E-state index in [0.717, 1.165) is 47.3 Å². The maximum absolute atomic E-state index is 10.0. The molecular formula is C22H24N5OS3+. The van der Waals surface area contributed by atoms with Gasteiger partial charge in [0.15, 0.2) is 11.0 Å². The molecule has 2 aromatic heterocycles. The second-order valence-electron chi connectivity index (χ2n) is 7.76. The van der Waals surface area contributed by atoms with E-state index in [4.69, 9.17) is 22.3 Å². The lowest BCUT2D eigenvalue weighted by atomic mass is 10.1. The van der Waals surface area contributed by atoms with Crippen molar-refractivity contribution in [3.05, 3.63) is 65.2 Å².